The molecule has 1 unspecified atom stereocenters. The van der Waals surface area contributed by atoms with Crippen molar-refractivity contribution >= 4 is 5.97 Å². The van der Waals surface area contributed by atoms with E-state index < -0.39 is 5.60 Å². The van der Waals surface area contributed by atoms with Crippen molar-refractivity contribution < 1.29 is 14.3 Å². The number of carbonyl (C=O) groups is 1. The topological polar surface area (TPSA) is 35.5 Å². The van der Waals surface area contributed by atoms with Crippen LogP contribution in [0.25, 0.3) is 0 Å². The van der Waals surface area contributed by atoms with E-state index in [2.05, 4.69) is 39.8 Å². The van der Waals surface area contributed by atoms with E-state index in [1.807, 2.05) is 32.9 Å². The summed E-state index contributed by atoms with van der Waals surface area (Å²) in [5, 5.41) is 0. The average Bonchev–Trinajstić information content (AvgIpc) is 2.40. The van der Waals surface area contributed by atoms with Crippen molar-refractivity contribution in [3.63, 3.8) is 0 Å². The fraction of sp³-hybridized carbons (Fsp3) is 0.650. The van der Waals surface area contributed by atoms with E-state index in [4.69, 9.17) is 9.47 Å². The van der Waals surface area contributed by atoms with Crippen LogP contribution in [0.2, 0.25) is 0 Å². The SMILES string of the molecule is CCC(CC(C)(C)C)c1ccc(OCC(=O)OC(C)(C)C)cc1. The highest BCUT2D eigenvalue weighted by Gasteiger charge is 2.19. The lowest BCUT2D eigenvalue weighted by Gasteiger charge is -2.25. The van der Waals surface area contributed by atoms with Crippen molar-refractivity contribution in [1.29, 1.82) is 0 Å². The van der Waals surface area contributed by atoms with Crippen LogP contribution in [0.3, 0.4) is 0 Å². The lowest BCUT2D eigenvalue weighted by atomic mass is 9.80. The molecule has 0 fully saturated rings. The summed E-state index contributed by atoms with van der Waals surface area (Å²) in [6.07, 6.45) is 2.27. The Kier molecular flexibility index (Phi) is 6.67. The van der Waals surface area contributed by atoms with Gasteiger partial charge in [-0.2, -0.15) is 0 Å². The summed E-state index contributed by atoms with van der Waals surface area (Å²) in [4.78, 5) is 11.7. The molecule has 0 amide bonds. The molecule has 1 aromatic rings. The molecule has 0 radical (unpaired) electrons. The van der Waals surface area contributed by atoms with Crippen LogP contribution in [0, 0.1) is 5.41 Å². The van der Waals surface area contributed by atoms with Gasteiger partial charge in [-0.05, 0) is 62.6 Å². The van der Waals surface area contributed by atoms with Crippen molar-refractivity contribution in [1.82, 2.24) is 0 Å². The first-order chi connectivity index (χ1) is 10.5. The van der Waals surface area contributed by atoms with Gasteiger partial charge in [-0.3, -0.25) is 0 Å². The molecule has 0 aliphatic carbocycles. The number of ether oxygens (including phenoxy) is 2. The Balaban J connectivity index is 2.61. The average molecular weight is 320 g/mol. The fourth-order valence-corrected chi connectivity index (χ4v) is 2.59. The number of rotatable bonds is 6. The molecule has 3 heteroatoms. The van der Waals surface area contributed by atoms with Gasteiger partial charge in [0.15, 0.2) is 6.61 Å². The van der Waals surface area contributed by atoms with Crippen LogP contribution < -0.4 is 4.74 Å². The zero-order valence-corrected chi connectivity index (χ0v) is 15.7. The van der Waals surface area contributed by atoms with Crippen molar-refractivity contribution in [3.05, 3.63) is 29.8 Å². The fourth-order valence-electron chi connectivity index (χ4n) is 2.59. The van der Waals surface area contributed by atoms with Crippen LogP contribution in [-0.2, 0) is 9.53 Å². The van der Waals surface area contributed by atoms with Crippen LogP contribution in [0.4, 0.5) is 0 Å². The van der Waals surface area contributed by atoms with E-state index >= 15 is 0 Å². The van der Waals surface area contributed by atoms with Crippen molar-refractivity contribution in [2.75, 3.05) is 6.61 Å². The number of esters is 1. The summed E-state index contributed by atoms with van der Waals surface area (Å²) >= 11 is 0. The van der Waals surface area contributed by atoms with Crippen LogP contribution >= 0.6 is 0 Å². The van der Waals surface area contributed by atoms with Gasteiger partial charge >= 0.3 is 5.97 Å². The second-order valence-electron chi connectivity index (χ2n) is 8.31. The molecule has 0 bridgehead atoms. The number of benzene rings is 1. The summed E-state index contributed by atoms with van der Waals surface area (Å²) < 4.78 is 10.7. The Morgan fingerprint density at radius 1 is 1.04 bits per heavy atom. The van der Waals surface area contributed by atoms with E-state index in [-0.39, 0.29) is 12.6 Å². The summed E-state index contributed by atoms with van der Waals surface area (Å²) in [6.45, 7) is 14.5. The summed E-state index contributed by atoms with van der Waals surface area (Å²) in [5.41, 5.74) is 1.16. The summed E-state index contributed by atoms with van der Waals surface area (Å²) in [6, 6.07) is 8.07. The molecule has 0 saturated carbocycles. The molecule has 0 heterocycles. The molecule has 130 valence electrons. The highest BCUT2D eigenvalue weighted by molar-refractivity contribution is 5.71. The second-order valence-corrected chi connectivity index (χ2v) is 8.31. The summed E-state index contributed by atoms with van der Waals surface area (Å²) in [5.74, 6) is 0.904. The van der Waals surface area contributed by atoms with Gasteiger partial charge in [-0.15, -0.1) is 0 Å². The third-order valence-corrected chi connectivity index (χ3v) is 3.48. The molecule has 0 aliphatic rings. The van der Waals surface area contributed by atoms with Gasteiger partial charge in [-0.25, -0.2) is 4.79 Å². The van der Waals surface area contributed by atoms with Crippen LogP contribution in [-0.4, -0.2) is 18.2 Å². The molecular weight excluding hydrogens is 288 g/mol. The standard InChI is InChI=1S/C20H32O3/c1-8-15(13-19(2,3)4)16-9-11-17(12-10-16)22-14-18(21)23-20(5,6)7/h9-12,15H,8,13-14H2,1-7H3. The Bertz CT molecular complexity index is 489. The lowest BCUT2D eigenvalue weighted by Crippen LogP contribution is -2.27. The minimum Gasteiger partial charge on any atom is -0.482 e. The highest BCUT2D eigenvalue weighted by Crippen LogP contribution is 2.33. The molecule has 1 rings (SSSR count). The molecule has 23 heavy (non-hydrogen) atoms. The Morgan fingerprint density at radius 3 is 2.04 bits per heavy atom. The third kappa shape index (κ3) is 8.06. The maximum Gasteiger partial charge on any atom is 0.344 e. The normalized spacial score (nSPS) is 13.5. The van der Waals surface area contributed by atoms with Gasteiger partial charge < -0.3 is 9.47 Å². The van der Waals surface area contributed by atoms with Gasteiger partial charge in [0.2, 0.25) is 0 Å². The number of hydrogen-bond acceptors (Lipinski definition) is 3. The smallest absolute Gasteiger partial charge is 0.344 e. The number of carbonyl (C=O) groups excluding carboxylic acids is 1. The molecule has 0 spiro atoms. The molecule has 1 aromatic carbocycles. The van der Waals surface area contributed by atoms with Gasteiger partial charge in [0, 0.05) is 0 Å². The van der Waals surface area contributed by atoms with Crippen LogP contribution in [0.1, 0.15) is 72.8 Å². The zero-order chi connectivity index (χ0) is 17.7. The van der Waals surface area contributed by atoms with Crippen molar-refractivity contribution in [3.8, 4) is 5.75 Å². The monoisotopic (exact) mass is 320 g/mol. The first-order valence-electron chi connectivity index (χ1n) is 8.45. The van der Waals surface area contributed by atoms with E-state index in [0.29, 0.717) is 17.1 Å². The zero-order valence-electron chi connectivity index (χ0n) is 15.7. The van der Waals surface area contributed by atoms with E-state index in [1.54, 1.807) is 0 Å². The second kappa shape index (κ2) is 7.85. The van der Waals surface area contributed by atoms with Crippen LogP contribution in [0.15, 0.2) is 24.3 Å². The van der Waals surface area contributed by atoms with Gasteiger partial charge in [0.25, 0.3) is 0 Å². The molecule has 1 atom stereocenters. The molecular formula is C20H32O3. The Labute approximate surface area is 141 Å². The molecule has 0 aliphatic heterocycles. The van der Waals surface area contributed by atoms with E-state index in [1.165, 1.54) is 5.56 Å². The van der Waals surface area contributed by atoms with Gasteiger partial charge in [0.1, 0.15) is 11.4 Å². The van der Waals surface area contributed by atoms with Gasteiger partial charge in [0.05, 0.1) is 0 Å². The minimum atomic E-state index is -0.481. The lowest BCUT2D eigenvalue weighted by molar-refractivity contribution is -0.157. The predicted molar refractivity (Wildman–Crippen MR) is 94.9 cm³/mol. The van der Waals surface area contributed by atoms with E-state index in [0.717, 1.165) is 12.8 Å². The first kappa shape index (κ1) is 19.5. The Morgan fingerprint density at radius 2 is 1.61 bits per heavy atom. The summed E-state index contributed by atoms with van der Waals surface area (Å²) in [7, 11) is 0. The van der Waals surface area contributed by atoms with E-state index in [9.17, 15) is 4.79 Å². The van der Waals surface area contributed by atoms with Gasteiger partial charge in [-0.1, -0.05) is 39.8 Å². The molecule has 3 nitrogen and oxygen atoms in total. The minimum absolute atomic E-state index is 0.0597. The molecule has 0 aromatic heterocycles. The first-order valence-corrected chi connectivity index (χ1v) is 8.45. The maximum absolute atomic E-state index is 11.7. The third-order valence-electron chi connectivity index (χ3n) is 3.48. The van der Waals surface area contributed by atoms with Crippen molar-refractivity contribution in [2.45, 2.75) is 72.8 Å². The van der Waals surface area contributed by atoms with Crippen LogP contribution in [0.5, 0.6) is 5.75 Å². The quantitative estimate of drug-likeness (QED) is 0.664. The largest absolute Gasteiger partial charge is 0.482 e. The van der Waals surface area contributed by atoms with Crippen molar-refractivity contribution in [2.24, 2.45) is 5.41 Å². The number of hydrogen-bond donors (Lipinski definition) is 0. The predicted octanol–water partition coefficient (Wildman–Crippen LogP) is 5.34. The highest BCUT2D eigenvalue weighted by atomic mass is 16.6. The Hall–Kier alpha value is -1.51. The molecule has 0 N–H and O–H groups in total. The molecule has 0 saturated heterocycles. The maximum atomic E-state index is 11.7.